The van der Waals surface area contributed by atoms with E-state index in [0.29, 0.717) is 17.3 Å². The van der Waals surface area contributed by atoms with Crippen LogP contribution in [-0.2, 0) is 5.88 Å². The van der Waals surface area contributed by atoms with E-state index in [0.717, 1.165) is 5.56 Å². The van der Waals surface area contributed by atoms with Gasteiger partial charge in [0.2, 0.25) is 11.7 Å². The lowest BCUT2D eigenvalue weighted by Crippen LogP contribution is -1.88. The molecule has 2 aromatic rings. The quantitative estimate of drug-likeness (QED) is 0.626. The lowest BCUT2D eigenvalue weighted by Gasteiger charge is -1.95. The molecular weight excluding hydrogens is 251 g/mol. The number of halogens is 2. The monoisotopic (exact) mass is 256 g/mol. The number of carbonyl (C=O) groups is 1. The average molecular weight is 257 g/mol. The molecule has 82 valence electrons. The molecule has 6 heteroatoms. The van der Waals surface area contributed by atoms with Crippen LogP contribution in [0.2, 0.25) is 0 Å². The number of hydrogen-bond donors (Lipinski definition) is 0. The number of rotatable bonds is 3. The number of alkyl halides is 1. The van der Waals surface area contributed by atoms with Crippen molar-refractivity contribution in [3.63, 3.8) is 0 Å². The fraction of sp³-hybridized carbons (Fsp3) is 0.100. The second-order valence-electron chi connectivity index (χ2n) is 3.00. The zero-order valence-electron chi connectivity index (χ0n) is 7.98. The molecule has 0 atom stereocenters. The van der Waals surface area contributed by atoms with Gasteiger partial charge in [0.1, 0.15) is 5.88 Å². The summed E-state index contributed by atoms with van der Waals surface area (Å²) in [6.07, 6.45) is 0. The molecule has 1 aromatic heterocycles. The van der Waals surface area contributed by atoms with Gasteiger partial charge in [0, 0.05) is 11.1 Å². The maximum atomic E-state index is 10.8. The largest absolute Gasteiger partial charge is 0.338 e. The Labute approximate surface area is 101 Å². The Morgan fingerprint density at radius 2 is 2.00 bits per heavy atom. The van der Waals surface area contributed by atoms with Crippen molar-refractivity contribution in [3.05, 3.63) is 35.7 Å². The van der Waals surface area contributed by atoms with E-state index in [1.807, 2.05) is 0 Å². The van der Waals surface area contributed by atoms with Crippen molar-refractivity contribution in [2.24, 2.45) is 0 Å². The first-order valence-corrected chi connectivity index (χ1v) is 5.31. The molecule has 0 bridgehead atoms. The topological polar surface area (TPSA) is 56.0 Å². The minimum atomic E-state index is -0.499. The lowest BCUT2D eigenvalue weighted by molar-refractivity contribution is 0.108. The van der Waals surface area contributed by atoms with E-state index in [4.69, 9.17) is 27.7 Å². The predicted molar refractivity (Wildman–Crippen MR) is 59.5 cm³/mol. The summed E-state index contributed by atoms with van der Waals surface area (Å²) < 4.78 is 4.86. The second kappa shape index (κ2) is 4.63. The summed E-state index contributed by atoms with van der Waals surface area (Å²) in [4.78, 5) is 14.9. The SMILES string of the molecule is O=C(Cl)c1ccc(-c2noc(CCl)n2)cc1. The molecule has 0 aliphatic rings. The number of carbonyl (C=O) groups excluding carboxylic acids is 1. The highest BCUT2D eigenvalue weighted by Gasteiger charge is 2.08. The fourth-order valence-electron chi connectivity index (χ4n) is 1.18. The zero-order valence-corrected chi connectivity index (χ0v) is 9.50. The summed E-state index contributed by atoms with van der Waals surface area (Å²) in [5.41, 5.74) is 1.16. The normalized spacial score (nSPS) is 10.4. The Hall–Kier alpha value is -1.39. The summed E-state index contributed by atoms with van der Waals surface area (Å²) in [6.45, 7) is 0. The van der Waals surface area contributed by atoms with Crippen molar-refractivity contribution in [3.8, 4) is 11.4 Å². The molecule has 2 rings (SSSR count). The Bertz CT molecular complexity index is 508. The molecule has 0 spiro atoms. The van der Waals surface area contributed by atoms with Gasteiger partial charge in [0.05, 0.1) is 0 Å². The molecule has 0 fully saturated rings. The first-order chi connectivity index (χ1) is 7.70. The molecule has 16 heavy (non-hydrogen) atoms. The van der Waals surface area contributed by atoms with Gasteiger partial charge in [-0.2, -0.15) is 4.98 Å². The van der Waals surface area contributed by atoms with Gasteiger partial charge < -0.3 is 4.52 Å². The number of benzene rings is 1. The maximum absolute atomic E-state index is 10.8. The van der Waals surface area contributed by atoms with Gasteiger partial charge in [-0.25, -0.2) is 0 Å². The minimum Gasteiger partial charge on any atom is -0.338 e. The molecule has 0 saturated carbocycles. The van der Waals surface area contributed by atoms with Gasteiger partial charge in [-0.1, -0.05) is 17.3 Å². The number of aromatic nitrogens is 2. The molecule has 0 saturated heterocycles. The van der Waals surface area contributed by atoms with Crippen LogP contribution in [0, 0.1) is 0 Å². The summed E-state index contributed by atoms with van der Waals surface area (Å²) in [7, 11) is 0. The van der Waals surface area contributed by atoms with E-state index in [1.165, 1.54) is 0 Å². The Kier molecular flexibility index (Phi) is 3.22. The second-order valence-corrected chi connectivity index (χ2v) is 3.61. The third-order valence-corrected chi connectivity index (χ3v) is 2.40. The van der Waals surface area contributed by atoms with Gasteiger partial charge in [-0.15, -0.1) is 11.6 Å². The van der Waals surface area contributed by atoms with Crippen molar-refractivity contribution in [1.82, 2.24) is 10.1 Å². The van der Waals surface area contributed by atoms with Crippen LogP contribution in [0.25, 0.3) is 11.4 Å². The molecule has 4 nitrogen and oxygen atoms in total. The van der Waals surface area contributed by atoms with Crippen molar-refractivity contribution in [2.45, 2.75) is 5.88 Å². The van der Waals surface area contributed by atoms with E-state index in [1.54, 1.807) is 24.3 Å². The number of hydrogen-bond acceptors (Lipinski definition) is 4. The first kappa shape index (κ1) is 11.1. The van der Waals surface area contributed by atoms with Crippen molar-refractivity contribution < 1.29 is 9.32 Å². The highest BCUT2D eigenvalue weighted by atomic mass is 35.5. The van der Waals surface area contributed by atoms with Gasteiger partial charge in [-0.05, 0) is 23.7 Å². The van der Waals surface area contributed by atoms with Crippen LogP contribution in [0.4, 0.5) is 0 Å². The smallest absolute Gasteiger partial charge is 0.252 e. The predicted octanol–water partition coefficient (Wildman–Crippen LogP) is 2.85. The zero-order chi connectivity index (χ0) is 11.5. The molecule has 1 aromatic carbocycles. The third kappa shape index (κ3) is 2.23. The van der Waals surface area contributed by atoms with Crippen LogP contribution in [0.1, 0.15) is 16.2 Å². The molecule has 0 unspecified atom stereocenters. The molecule has 0 aliphatic carbocycles. The van der Waals surface area contributed by atoms with E-state index < -0.39 is 5.24 Å². The summed E-state index contributed by atoms with van der Waals surface area (Å²) in [5, 5.41) is 3.24. The molecule has 1 heterocycles. The van der Waals surface area contributed by atoms with Gasteiger partial charge in [-0.3, -0.25) is 4.79 Å². The molecule has 0 aliphatic heterocycles. The van der Waals surface area contributed by atoms with Crippen LogP contribution in [0.3, 0.4) is 0 Å². The van der Waals surface area contributed by atoms with Crippen LogP contribution >= 0.6 is 23.2 Å². The van der Waals surface area contributed by atoms with Crippen molar-refractivity contribution in [2.75, 3.05) is 0 Å². The highest BCUT2D eigenvalue weighted by molar-refractivity contribution is 6.67. The number of nitrogens with zero attached hydrogens (tertiary/aromatic N) is 2. The Morgan fingerprint density at radius 3 is 2.50 bits per heavy atom. The van der Waals surface area contributed by atoms with E-state index in [9.17, 15) is 4.79 Å². The molecule has 0 N–H and O–H groups in total. The first-order valence-electron chi connectivity index (χ1n) is 4.39. The van der Waals surface area contributed by atoms with Gasteiger partial charge in [0.15, 0.2) is 0 Å². The van der Waals surface area contributed by atoms with E-state index in [-0.39, 0.29) is 5.88 Å². The standard InChI is InChI=1S/C10H6Cl2N2O2/c11-5-8-13-10(14-16-8)7-3-1-6(2-4-7)9(12)15/h1-4H,5H2. The summed E-state index contributed by atoms with van der Waals surface area (Å²) >= 11 is 10.9. The summed E-state index contributed by atoms with van der Waals surface area (Å²) in [6, 6.07) is 6.58. The third-order valence-electron chi connectivity index (χ3n) is 1.95. The van der Waals surface area contributed by atoms with Gasteiger partial charge in [0.25, 0.3) is 5.24 Å². The molecule has 0 amide bonds. The maximum Gasteiger partial charge on any atom is 0.252 e. The van der Waals surface area contributed by atoms with Crippen LogP contribution in [0.15, 0.2) is 28.8 Å². The Morgan fingerprint density at radius 1 is 1.31 bits per heavy atom. The molecule has 0 radical (unpaired) electrons. The summed E-state index contributed by atoms with van der Waals surface area (Å²) in [5.74, 6) is 0.962. The van der Waals surface area contributed by atoms with Crippen LogP contribution in [0.5, 0.6) is 0 Å². The minimum absolute atomic E-state index is 0.172. The van der Waals surface area contributed by atoms with Crippen molar-refractivity contribution >= 4 is 28.4 Å². The van der Waals surface area contributed by atoms with Gasteiger partial charge >= 0.3 is 0 Å². The fourth-order valence-corrected chi connectivity index (χ4v) is 1.41. The van der Waals surface area contributed by atoms with Crippen LogP contribution in [-0.4, -0.2) is 15.4 Å². The Balaban J connectivity index is 2.30. The van der Waals surface area contributed by atoms with Crippen molar-refractivity contribution in [1.29, 1.82) is 0 Å². The highest BCUT2D eigenvalue weighted by Crippen LogP contribution is 2.17. The van der Waals surface area contributed by atoms with Crippen LogP contribution < -0.4 is 0 Å². The average Bonchev–Trinajstić information content (AvgIpc) is 2.77. The lowest BCUT2D eigenvalue weighted by atomic mass is 10.1. The van der Waals surface area contributed by atoms with E-state index in [2.05, 4.69) is 10.1 Å². The molecular formula is C10H6Cl2N2O2. The van der Waals surface area contributed by atoms with E-state index >= 15 is 0 Å².